The fourth-order valence-electron chi connectivity index (χ4n) is 3.48. The molecular weight excluding hydrogens is 236 g/mol. The summed E-state index contributed by atoms with van der Waals surface area (Å²) in [6.45, 7) is 11.6. The first-order chi connectivity index (χ1) is 9.29. The summed E-state index contributed by atoms with van der Waals surface area (Å²) in [6, 6.07) is 0.672. The normalized spacial score (nSPS) is 28.4. The van der Waals surface area contributed by atoms with Gasteiger partial charge in [-0.2, -0.15) is 0 Å². The molecule has 1 N–H and O–H groups in total. The van der Waals surface area contributed by atoms with Gasteiger partial charge in [-0.3, -0.25) is 0 Å². The molecule has 0 spiro atoms. The number of piperidine rings is 1. The van der Waals surface area contributed by atoms with Gasteiger partial charge in [0.1, 0.15) is 0 Å². The molecular formula is C16H32N2O. The molecule has 2 fully saturated rings. The Labute approximate surface area is 119 Å². The van der Waals surface area contributed by atoms with Crippen molar-refractivity contribution in [2.75, 3.05) is 39.4 Å². The third-order valence-corrected chi connectivity index (χ3v) is 4.86. The molecule has 2 rings (SSSR count). The molecule has 0 aliphatic carbocycles. The Bertz CT molecular complexity index is 233. The van der Waals surface area contributed by atoms with Crippen LogP contribution in [0.5, 0.6) is 0 Å². The topological polar surface area (TPSA) is 24.5 Å². The number of rotatable bonds is 6. The van der Waals surface area contributed by atoms with E-state index in [-0.39, 0.29) is 0 Å². The zero-order valence-electron chi connectivity index (χ0n) is 12.9. The first-order valence-corrected chi connectivity index (χ1v) is 8.33. The summed E-state index contributed by atoms with van der Waals surface area (Å²) in [6.07, 6.45) is 6.62. The fraction of sp³-hybridized carbons (Fsp3) is 1.00. The van der Waals surface area contributed by atoms with Gasteiger partial charge in [-0.25, -0.2) is 0 Å². The molecule has 2 saturated heterocycles. The second kappa shape index (κ2) is 8.23. The van der Waals surface area contributed by atoms with Crippen LogP contribution in [-0.2, 0) is 4.74 Å². The van der Waals surface area contributed by atoms with Gasteiger partial charge in [0, 0.05) is 19.2 Å². The second-order valence-corrected chi connectivity index (χ2v) is 6.46. The third-order valence-electron chi connectivity index (χ3n) is 4.86. The van der Waals surface area contributed by atoms with Crippen molar-refractivity contribution in [2.45, 2.75) is 52.0 Å². The molecule has 2 atom stereocenters. The van der Waals surface area contributed by atoms with Gasteiger partial charge in [0.2, 0.25) is 0 Å². The van der Waals surface area contributed by atoms with Crippen molar-refractivity contribution < 1.29 is 4.74 Å². The summed E-state index contributed by atoms with van der Waals surface area (Å²) in [5.74, 6) is 1.62. The number of ether oxygens (including phenoxy) is 1. The standard InChI is InChI=1S/C16H32N2O/c1-3-8-18-9-6-16(7-10-18)14(2)17-12-15-5-4-11-19-13-15/h14-17H,3-13H2,1-2H3. The van der Waals surface area contributed by atoms with Gasteiger partial charge < -0.3 is 15.0 Å². The van der Waals surface area contributed by atoms with E-state index in [1.165, 1.54) is 51.7 Å². The second-order valence-electron chi connectivity index (χ2n) is 6.46. The van der Waals surface area contributed by atoms with Gasteiger partial charge in [0.25, 0.3) is 0 Å². The van der Waals surface area contributed by atoms with E-state index in [4.69, 9.17) is 4.74 Å². The molecule has 0 amide bonds. The van der Waals surface area contributed by atoms with E-state index < -0.39 is 0 Å². The number of hydrogen-bond donors (Lipinski definition) is 1. The number of nitrogens with zero attached hydrogens (tertiary/aromatic N) is 1. The molecule has 2 aliphatic rings. The SMILES string of the molecule is CCCN1CCC(C(C)NCC2CCCOC2)CC1. The highest BCUT2D eigenvalue weighted by Crippen LogP contribution is 2.21. The fourth-order valence-corrected chi connectivity index (χ4v) is 3.48. The highest BCUT2D eigenvalue weighted by molar-refractivity contribution is 4.80. The molecule has 0 bridgehead atoms. The van der Waals surface area contributed by atoms with Crippen LogP contribution < -0.4 is 5.32 Å². The lowest BCUT2D eigenvalue weighted by Gasteiger charge is -2.35. The zero-order chi connectivity index (χ0) is 13.5. The summed E-state index contributed by atoms with van der Waals surface area (Å²) >= 11 is 0. The highest BCUT2D eigenvalue weighted by atomic mass is 16.5. The predicted octanol–water partition coefficient (Wildman–Crippen LogP) is 2.51. The van der Waals surface area contributed by atoms with Crippen LogP contribution in [0.1, 0.15) is 46.0 Å². The van der Waals surface area contributed by atoms with Crippen molar-refractivity contribution in [2.24, 2.45) is 11.8 Å². The van der Waals surface area contributed by atoms with E-state index in [9.17, 15) is 0 Å². The Morgan fingerprint density at radius 1 is 1.26 bits per heavy atom. The Morgan fingerprint density at radius 3 is 2.68 bits per heavy atom. The molecule has 2 aliphatic heterocycles. The van der Waals surface area contributed by atoms with Crippen LogP contribution in [0.4, 0.5) is 0 Å². The molecule has 3 heteroatoms. The van der Waals surface area contributed by atoms with Gasteiger partial charge in [0.05, 0.1) is 6.61 Å². The van der Waals surface area contributed by atoms with Crippen LogP contribution in [-0.4, -0.2) is 50.3 Å². The van der Waals surface area contributed by atoms with E-state index >= 15 is 0 Å². The van der Waals surface area contributed by atoms with Crippen molar-refractivity contribution in [1.29, 1.82) is 0 Å². The average molecular weight is 268 g/mol. The summed E-state index contributed by atoms with van der Waals surface area (Å²) in [5.41, 5.74) is 0. The molecule has 0 radical (unpaired) electrons. The van der Waals surface area contributed by atoms with Gasteiger partial charge in [0.15, 0.2) is 0 Å². The minimum atomic E-state index is 0.672. The average Bonchev–Trinajstić information content (AvgIpc) is 2.47. The molecule has 0 aromatic heterocycles. The molecule has 19 heavy (non-hydrogen) atoms. The largest absolute Gasteiger partial charge is 0.381 e. The maximum Gasteiger partial charge on any atom is 0.0506 e. The van der Waals surface area contributed by atoms with Gasteiger partial charge >= 0.3 is 0 Å². The van der Waals surface area contributed by atoms with Crippen LogP contribution in [0.25, 0.3) is 0 Å². The Balaban J connectivity index is 1.62. The van der Waals surface area contributed by atoms with Gasteiger partial charge in [-0.1, -0.05) is 6.92 Å². The minimum absolute atomic E-state index is 0.672. The third kappa shape index (κ3) is 5.05. The lowest BCUT2D eigenvalue weighted by molar-refractivity contribution is 0.0522. The van der Waals surface area contributed by atoms with Crippen LogP contribution in [0.15, 0.2) is 0 Å². The van der Waals surface area contributed by atoms with E-state index in [0.717, 1.165) is 31.6 Å². The first-order valence-electron chi connectivity index (χ1n) is 8.33. The van der Waals surface area contributed by atoms with Crippen LogP contribution in [0, 0.1) is 11.8 Å². The molecule has 2 unspecified atom stereocenters. The van der Waals surface area contributed by atoms with Crippen LogP contribution in [0.3, 0.4) is 0 Å². The Kier molecular flexibility index (Phi) is 6.62. The monoisotopic (exact) mass is 268 g/mol. The van der Waals surface area contributed by atoms with Gasteiger partial charge in [-0.15, -0.1) is 0 Å². The smallest absolute Gasteiger partial charge is 0.0506 e. The molecule has 3 nitrogen and oxygen atoms in total. The van der Waals surface area contributed by atoms with Crippen molar-refractivity contribution >= 4 is 0 Å². The number of nitrogens with one attached hydrogen (secondary N) is 1. The maximum atomic E-state index is 5.55. The summed E-state index contributed by atoms with van der Waals surface area (Å²) in [5, 5.41) is 3.77. The quantitative estimate of drug-likeness (QED) is 0.801. The zero-order valence-corrected chi connectivity index (χ0v) is 12.9. The molecule has 112 valence electrons. The summed E-state index contributed by atoms with van der Waals surface area (Å²) < 4.78 is 5.55. The molecule has 0 aromatic carbocycles. The molecule has 0 saturated carbocycles. The Hall–Kier alpha value is -0.120. The minimum Gasteiger partial charge on any atom is -0.381 e. The van der Waals surface area contributed by atoms with E-state index in [0.29, 0.717) is 6.04 Å². The van der Waals surface area contributed by atoms with E-state index in [2.05, 4.69) is 24.1 Å². The Morgan fingerprint density at radius 2 is 2.05 bits per heavy atom. The van der Waals surface area contributed by atoms with E-state index in [1.54, 1.807) is 0 Å². The van der Waals surface area contributed by atoms with Crippen molar-refractivity contribution in [1.82, 2.24) is 10.2 Å². The predicted molar refractivity (Wildman–Crippen MR) is 80.5 cm³/mol. The summed E-state index contributed by atoms with van der Waals surface area (Å²) in [7, 11) is 0. The maximum absolute atomic E-state index is 5.55. The first kappa shape index (κ1) is 15.3. The lowest BCUT2D eigenvalue weighted by atomic mass is 9.89. The van der Waals surface area contributed by atoms with Crippen LogP contribution in [0.2, 0.25) is 0 Å². The highest BCUT2D eigenvalue weighted by Gasteiger charge is 2.24. The van der Waals surface area contributed by atoms with Crippen molar-refractivity contribution in [3.05, 3.63) is 0 Å². The number of likely N-dealkylation sites (tertiary alicyclic amines) is 1. The molecule has 2 heterocycles. The lowest BCUT2D eigenvalue weighted by Crippen LogP contribution is -2.44. The van der Waals surface area contributed by atoms with Crippen LogP contribution >= 0.6 is 0 Å². The number of hydrogen-bond acceptors (Lipinski definition) is 3. The van der Waals surface area contributed by atoms with E-state index in [1.807, 2.05) is 0 Å². The molecule has 0 aromatic rings. The van der Waals surface area contributed by atoms with Crippen molar-refractivity contribution in [3.63, 3.8) is 0 Å². The van der Waals surface area contributed by atoms with Crippen molar-refractivity contribution in [3.8, 4) is 0 Å². The summed E-state index contributed by atoms with van der Waals surface area (Å²) in [4.78, 5) is 2.62. The van der Waals surface area contributed by atoms with Gasteiger partial charge in [-0.05, 0) is 70.5 Å².